The van der Waals surface area contributed by atoms with Crippen LogP contribution in [-0.2, 0) is 4.79 Å². The average Bonchev–Trinajstić information content (AvgIpc) is 2.84. The maximum atomic E-state index is 11.9. The van der Waals surface area contributed by atoms with Crippen molar-refractivity contribution in [3.8, 4) is 6.07 Å². The molecule has 0 saturated heterocycles. The van der Waals surface area contributed by atoms with E-state index >= 15 is 0 Å². The van der Waals surface area contributed by atoms with Crippen molar-refractivity contribution in [3.05, 3.63) is 35.0 Å². The van der Waals surface area contributed by atoms with Crippen molar-refractivity contribution in [2.75, 3.05) is 23.8 Å². The number of carbonyl (C=O) groups is 1. The van der Waals surface area contributed by atoms with Gasteiger partial charge in [0.25, 0.3) is 0 Å². The predicted molar refractivity (Wildman–Crippen MR) is 77.7 cm³/mol. The molecule has 0 aliphatic carbocycles. The Morgan fingerprint density at radius 1 is 1.45 bits per heavy atom. The van der Waals surface area contributed by atoms with Crippen molar-refractivity contribution >= 4 is 28.2 Å². The van der Waals surface area contributed by atoms with Gasteiger partial charge in [-0.25, -0.2) is 9.97 Å². The molecule has 2 aromatic rings. The number of nitrogens with one attached hydrogen (secondary N) is 1. The average molecular weight is 287 g/mol. The molecule has 2 aromatic heterocycles. The van der Waals surface area contributed by atoms with Crippen LogP contribution in [0.3, 0.4) is 0 Å². The lowest BCUT2D eigenvalue weighted by Gasteiger charge is -2.16. The fourth-order valence-electron chi connectivity index (χ4n) is 1.55. The van der Waals surface area contributed by atoms with E-state index in [-0.39, 0.29) is 12.5 Å². The summed E-state index contributed by atoms with van der Waals surface area (Å²) >= 11 is 1.43. The molecular formula is C13H13N5OS. The molecule has 0 spiro atoms. The summed E-state index contributed by atoms with van der Waals surface area (Å²) in [5.41, 5.74) is 0.491. The van der Waals surface area contributed by atoms with E-state index in [0.29, 0.717) is 16.5 Å². The molecule has 1 amide bonds. The number of hydrogen-bond donors (Lipinski definition) is 1. The molecule has 0 fully saturated rings. The standard InChI is InChI=1S/C13H13N5OS/c1-9-6-16-13(20-9)17-12(19)8-18(2)11-4-3-10(5-14)7-15-11/h3-4,6-7H,8H2,1-2H3,(H,16,17,19). The van der Waals surface area contributed by atoms with Gasteiger partial charge >= 0.3 is 0 Å². The van der Waals surface area contributed by atoms with Crippen molar-refractivity contribution in [2.45, 2.75) is 6.92 Å². The zero-order valence-corrected chi connectivity index (χ0v) is 11.9. The van der Waals surface area contributed by atoms with Crippen molar-refractivity contribution in [1.29, 1.82) is 5.26 Å². The summed E-state index contributed by atoms with van der Waals surface area (Å²) < 4.78 is 0. The second-order valence-electron chi connectivity index (χ2n) is 4.20. The number of aromatic nitrogens is 2. The van der Waals surface area contributed by atoms with Crippen molar-refractivity contribution in [2.24, 2.45) is 0 Å². The number of nitriles is 1. The number of carbonyl (C=O) groups excluding carboxylic acids is 1. The molecule has 6 nitrogen and oxygen atoms in total. The molecule has 0 aliphatic rings. The van der Waals surface area contributed by atoms with Gasteiger partial charge in [0.05, 0.1) is 12.1 Å². The third-order valence-corrected chi connectivity index (χ3v) is 3.34. The Hall–Kier alpha value is -2.46. The molecule has 2 rings (SSSR count). The Bertz CT molecular complexity index is 644. The van der Waals surface area contributed by atoms with Crippen molar-refractivity contribution in [3.63, 3.8) is 0 Å². The molecule has 0 saturated carbocycles. The van der Waals surface area contributed by atoms with E-state index in [2.05, 4.69) is 15.3 Å². The highest BCUT2D eigenvalue weighted by Crippen LogP contribution is 2.16. The number of hydrogen-bond acceptors (Lipinski definition) is 6. The van der Waals surface area contributed by atoms with Crippen LogP contribution in [0, 0.1) is 18.3 Å². The third-order valence-electron chi connectivity index (χ3n) is 2.52. The summed E-state index contributed by atoms with van der Waals surface area (Å²) in [6.45, 7) is 2.09. The number of amides is 1. The van der Waals surface area contributed by atoms with Gasteiger partial charge in [0.15, 0.2) is 5.13 Å². The first-order valence-electron chi connectivity index (χ1n) is 5.88. The van der Waals surface area contributed by atoms with Crippen LogP contribution in [0.4, 0.5) is 10.9 Å². The minimum atomic E-state index is -0.159. The lowest BCUT2D eigenvalue weighted by atomic mass is 10.3. The number of anilines is 2. The van der Waals surface area contributed by atoms with Gasteiger partial charge in [-0.2, -0.15) is 5.26 Å². The summed E-state index contributed by atoms with van der Waals surface area (Å²) in [5, 5.41) is 12.0. The van der Waals surface area contributed by atoms with Crippen LogP contribution in [0.1, 0.15) is 10.4 Å². The number of aryl methyl sites for hydroxylation is 1. The van der Waals surface area contributed by atoms with Crippen LogP contribution < -0.4 is 10.2 Å². The van der Waals surface area contributed by atoms with Crippen LogP contribution in [0.5, 0.6) is 0 Å². The first-order valence-corrected chi connectivity index (χ1v) is 6.69. The van der Waals surface area contributed by atoms with E-state index in [4.69, 9.17) is 5.26 Å². The van der Waals surface area contributed by atoms with Gasteiger partial charge in [-0.05, 0) is 19.1 Å². The lowest BCUT2D eigenvalue weighted by molar-refractivity contribution is -0.114. The van der Waals surface area contributed by atoms with Gasteiger partial charge < -0.3 is 10.2 Å². The first kappa shape index (κ1) is 14.0. The van der Waals surface area contributed by atoms with Crippen LogP contribution in [-0.4, -0.2) is 29.5 Å². The molecule has 0 aromatic carbocycles. The largest absolute Gasteiger partial charge is 0.350 e. The lowest BCUT2D eigenvalue weighted by Crippen LogP contribution is -2.30. The van der Waals surface area contributed by atoms with Crippen LogP contribution in [0.15, 0.2) is 24.5 Å². The molecule has 0 atom stereocenters. The van der Waals surface area contributed by atoms with Gasteiger partial charge in [0, 0.05) is 24.3 Å². The van der Waals surface area contributed by atoms with E-state index in [1.807, 2.05) is 13.0 Å². The van der Waals surface area contributed by atoms with E-state index in [1.165, 1.54) is 17.5 Å². The number of pyridine rings is 1. The molecule has 0 bridgehead atoms. The fraction of sp³-hybridized carbons (Fsp3) is 0.231. The summed E-state index contributed by atoms with van der Waals surface area (Å²) in [6, 6.07) is 5.38. The van der Waals surface area contributed by atoms with Crippen LogP contribution in [0.25, 0.3) is 0 Å². The highest BCUT2D eigenvalue weighted by molar-refractivity contribution is 7.15. The summed E-state index contributed by atoms with van der Waals surface area (Å²) in [4.78, 5) is 22.8. The molecule has 7 heteroatoms. The quantitative estimate of drug-likeness (QED) is 0.927. The number of nitrogens with zero attached hydrogens (tertiary/aromatic N) is 4. The summed E-state index contributed by atoms with van der Waals surface area (Å²) in [5.74, 6) is 0.475. The Balaban J connectivity index is 1.94. The molecule has 102 valence electrons. The molecule has 0 aliphatic heterocycles. The number of rotatable bonds is 4. The monoisotopic (exact) mass is 287 g/mol. The molecule has 20 heavy (non-hydrogen) atoms. The topological polar surface area (TPSA) is 81.9 Å². The first-order chi connectivity index (χ1) is 9.58. The number of likely N-dealkylation sites (N-methyl/N-ethyl adjacent to an activating group) is 1. The number of thiazole rings is 1. The van der Waals surface area contributed by atoms with Crippen molar-refractivity contribution < 1.29 is 4.79 Å². The van der Waals surface area contributed by atoms with Gasteiger partial charge in [0.1, 0.15) is 11.9 Å². The van der Waals surface area contributed by atoms with Gasteiger partial charge in [0.2, 0.25) is 5.91 Å². The zero-order valence-electron chi connectivity index (χ0n) is 11.1. The minimum Gasteiger partial charge on any atom is -0.350 e. The summed E-state index contributed by atoms with van der Waals surface area (Å²) in [6.07, 6.45) is 3.19. The van der Waals surface area contributed by atoms with Gasteiger partial charge in [-0.15, -0.1) is 11.3 Å². The summed E-state index contributed by atoms with van der Waals surface area (Å²) in [7, 11) is 1.76. The third kappa shape index (κ3) is 3.52. The van der Waals surface area contributed by atoms with Crippen LogP contribution >= 0.6 is 11.3 Å². The smallest absolute Gasteiger partial charge is 0.245 e. The minimum absolute atomic E-state index is 0.159. The van der Waals surface area contributed by atoms with E-state index in [0.717, 1.165) is 4.88 Å². The van der Waals surface area contributed by atoms with Crippen LogP contribution in [0.2, 0.25) is 0 Å². The second kappa shape index (κ2) is 6.12. The maximum absolute atomic E-state index is 11.9. The predicted octanol–water partition coefficient (Wildman–Crippen LogP) is 1.79. The Morgan fingerprint density at radius 2 is 2.25 bits per heavy atom. The Labute approximate surface area is 120 Å². The molecule has 0 unspecified atom stereocenters. The normalized spacial score (nSPS) is 9.85. The van der Waals surface area contributed by atoms with Crippen molar-refractivity contribution in [1.82, 2.24) is 9.97 Å². The molecule has 1 N–H and O–H groups in total. The van der Waals surface area contributed by atoms with E-state index in [1.54, 1.807) is 30.3 Å². The Morgan fingerprint density at radius 3 is 2.80 bits per heavy atom. The Kier molecular flexibility index (Phi) is 4.27. The zero-order chi connectivity index (χ0) is 14.5. The SMILES string of the molecule is Cc1cnc(NC(=O)CN(C)c2ccc(C#N)cn2)s1. The molecule has 2 heterocycles. The second-order valence-corrected chi connectivity index (χ2v) is 5.43. The van der Waals surface area contributed by atoms with E-state index < -0.39 is 0 Å². The van der Waals surface area contributed by atoms with Gasteiger partial charge in [-0.1, -0.05) is 0 Å². The molecule has 0 radical (unpaired) electrons. The van der Waals surface area contributed by atoms with E-state index in [9.17, 15) is 4.79 Å². The molecular weight excluding hydrogens is 274 g/mol. The van der Waals surface area contributed by atoms with Gasteiger partial charge in [-0.3, -0.25) is 4.79 Å². The highest BCUT2D eigenvalue weighted by atomic mass is 32.1. The highest BCUT2D eigenvalue weighted by Gasteiger charge is 2.10. The fourth-order valence-corrected chi connectivity index (χ4v) is 2.23. The maximum Gasteiger partial charge on any atom is 0.245 e.